The van der Waals surface area contributed by atoms with Gasteiger partial charge in [0.25, 0.3) is 0 Å². The molecule has 4 aliphatic carbocycles. The summed E-state index contributed by atoms with van der Waals surface area (Å²) in [6.45, 7) is 6.32. The number of carbonyl (C=O) groups is 1. The summed E-state index contributed by atoms with van der Waals surface area (Å²) in [5, 5.41) is 54.7. The molecule has 5 N–H and O–H groups in total. The van der Waals surface area contributed by atoms with Crippen LogP contribution < -0.4 is 0 Å². The molecule has 0 spiro atoms. The minimum absolute atomic E-state index is 0.0143. The van der Waals surface area contributed by atoms with Gasteiger partial charge in [-0.15, -0.1) is 0 Å². The highest BCUT2D eigenvalue weighted by Gasteiger charge is 2.70. The van der Waals surface area contributed by atoms with Crippen LogP contribution in [0.3, 0.4) is 0 Å². The minimum Gasteiger partial charge on any atom is -0.458 e. The van der Waals surface area contributed by atoms with Crippen molar-refractivity contribution in [2.75, 3.05) is 6.61 Å². The molecule has 9 nitrogen and oxygen atoms in total. The Kier molecular flexibility index (Phi) is 6.58. The molecule has 9 heteroatoms. The van der Waals surface area contributed by atoms with E-state index in [1.807, 2.05) is 0 Å². The van der Waals surface area contributed by atoms with Crippen LogP contribution in [0, 0.1) is 34.5 Å². The predicted molar refractivity (Wildman–Crippen MR) is 134 cm³/mol. The Morgan fingerprint density at radius 1 is 1.00 bits per heavy atom. The van der Waals surface area contributed by atoms with Gasteiger partial charge in [-0.3, -0.25) is 0 Å². The predicted octanol–water partition coefficient (Wildman–Crippen LogP) is 1.43. The maximum atomic E-state index is 12.4. The lowest BCUT2D eigenvalue weighted by atomic mass is 9.42. The molecule has 4 saturated carbocycles. The highest BCUT2D eigenvalue weighted by atomic mass is 16.7. The zero-order chi connectivity index (χ0) is 27.2. The van der Waals surface area contributed by atoms with Gasteiger partial charge in [0.15, 0.2) is 6.29 Å². The molecule has 0 aromatic heterocycles. The van der Waals surface area contributed by atoms with Crippen molar-refractivity contribution in [2.24, 2.45) is 34.5 Å². The molecular formula is C29H44O9. The summed E-state index contributed by atoms with van der Waals surface area (Å²) >= 11 is 0. The molecule has 6 aliphatic rings. The van der Waals surface area contributed by atoms with Gasteiger partial charge in [-0.05, 0) is 93.0 Å². The van der Waals surface area contributed by atoms with Crippen LogP contribution in [0.2, 0.25) is 0 Å². The molecule has 0 unspecified atom stereocenters. The molecule has 0 amide bonds. The molecule has 0 bridgehead atoms. The Bertz CT molecular complexity index is 985. The number of carbonyl (C=O) groups excluding carboxylic acids is 1. The lowest BCUT2D eigenvalue weighted by Crippen LogP contribution is -2.66. The average Bonchev–Trinajstić information content (AvgIpc) is 3.41. The van der Waals surface area contributed by atoms with Crippen molar-refractivity contribution >= 4 is 5.97 Å². The number of esters is 1. The molecule has 38 heavy (non-hydrogen) atoms. The monoisotopic (exact) mass is 536 g/mol. The SMILES string of the molecule is C[C@H]1O[C@H](O[C@H]2CC[C@@]3(C)[C@@H](CC[C@H]4[C@@H]3[C@@H](O)C[C@]3(C)[C@@H](C5=CC(=O)OC5)CC[C@]43O)C2)[C@@H](O)[C@H](O)[C@@H]1O. The Hall–Kier alpha value is -1.07. The first-order valence-corrected chi connectivity index (χ1v) is 14.5. The van der Waals surface area contributed by atoms with Crippen molar-refractivity contribution in [1.82, 2.24) is 0 Å². The van der Waals surface area contributed by atoms with Crippen molar-refractivity contribution in [3.05, 3.63) is 11.6 Å². The quantitative estimate of drug-likeness (QED) is 0.267. The van der Waals surface area contributed by atoms with E-state index in [1.54, 1.807) is 13.0 Å². The topological polar surface area (TPSA) is 146 Å². The summed E-state index contributed by atoms with van der Waals surface area (Å²) in [6.07, 6.45) is 1.49. The van der Waals surface area contributed by atoms with Gasteiger partial charge in [0.1, 0.15) is 24.9 Å². The second kappa shape index (κ2) is 9.23. The summed E-state index contributed by atoms with van der Waals surface area (Å²) in [5.74, 6) is -0.0314. The third-order valence-corrected chi connectivity index (χ3v) is 12.0. The molecule has 6 rings (SSSR count). The van der Waals surface area contributed by atoms with Crippen LogP contribution in [-0.4, -0.2) is 86.6 Å². The third kappa shape index (κ3) is 3.80. The molecule has 1 saturated heterocycles. The summed E-state index contributed by atoms with van der Waals surface area (Å²) in [7, 11) is 0. The standard InChI is InChI=1S/C29H44O9/c1-14-23(32)24(33)25(34)26(37-14)38-17-6-8-27(2)16(11-17)4-5-19-22(27)20(30)12-28(3)18(7-9-29(19,28)35)15-10-21(31)36-13-15/h10,14,16-20,22-26,30,32-35H,4-9,11-13H2,1-3H3/t14-,16+,17+,18-,19+,20+,22-,23-,24-,25+,26-,27+,28-,29+/m1/s1. The van der Waals surface area contributed by atoms with E-state index in [0.717, 1.165) is 44.1 Å². The number of rotatable bonds is 3. The molecule has 2 aliphatic heterocycles. The van der Waals surface area contributed by atoms with Crippen molar-refractivity contribution < 1.29 is 44.5 Å². The van der Waals surface area contributed by atoms with Crippen LogP contribution >= 0.6 is 0 Å². The van der Waals surface area contributed by atoms with E-state index in [9.17, 15) is 30.3 Å². The molecule has 0 aromatic rings. The Morgan fingerprint density at radius 3 is 2.47 bits per heavy atom. The average molecular weight is 537 g/mol. The fourth-order valence-corrected chi connectivity index (χ4v) is 9.91. The maximum Gasteiger partial charge on any atom is 0.331 e. The van der Waals surface area contributed by atoms with E-state index < -0.39 is 47.8 Å². The molecule has 214 valence electrons. The van der Waals surface area contributed by atoms with Gasteiger partial charge in [0.05, 0.1) is 23.9 Å². The number of fused-ring (bicyclic) bond motifs is 5. The van der Waals surface area contributed by atoms with E-state index in [-0.39, 0.29) is 41.8 Å². The first kappa shape index (κ1) is 27.1. The zero-order valence-electron chi connectivity index (χ0n) is 22.7. The molecule has 5 fully saturated rings. The summed E-state index contributed by atoms with van der Waals surface area (Å²) in [4.78, 5) is 11.8. The van der Waals surface area contributed by atoms with Gasteiger partial charge in [-0.2, -0.15) is 0 Å². The fraction of sp³-hybridized carbons (Fsp3) is 0.897. The van der Waals surface area contributed by atoms with Crippen LogP contribution in [0.5, 0.6) is 0 Å². The summed E-state index contributed by atoms with van der Waals surface area (Å²) in [5.41, 5.74) is -0.607. The van der Waals surface area contributed by atoms with E-state index in [0.29, 0.717) is 18.8 Å². The summed E-state index contributed by atoms with van der Waals surface area (Å²) in [6, 6.07) is 0. The van der Waals surface area contributed by atoms with Crippen LogP contribution in [0.15, 0.2) is 11.6 Å². The molecule has 0 aromatic carbocycles. The van der Waals surface area contributed by atoms with Crippen LogP contribution in [0.4, 0.5) is 0 Å². The van der Waals surface area contributed by atoms with E-state index in [4.69, 9.17) is 14.2 Å². The second-order valence-corrected chi connectivity index (χ2v) is 13.7. The molecule has 2 heterocycles. The number of aliphatic hydroxyl groups excluding tert-OH is 4. The maximum absolute atomic E-state index is 12.4. The van der Waals surface area contributed by atoms with Crippen molar-refractivity contribution in [3.63, 3.8) is 0 Å². The van der Waals surface area contributed by atoms with Crippen LogP contribution in [-0.2, 0) is 19.0 Å². The van der Waals surface area contributed by atoms with Crippen molar-refractivity contribution in [3.8, 4) is 0 Å². The number of hydrogen-bond acceptors (Lipinski definition) is 9. The van der Waals surface area contributed by atoms with Crippen LogP contribution in [0.25, 0.3) is 0 Å². The molecular weight excluding hydrogens is 492 g/mol. The van der Waals surface area contributed by atoms with E-state index >= 15 is 0 Å². The van der Waals surface area contributed by atoms with Gasteiger partial charge in [-0.25, -0.2) is 4.79 Å². The third-order valence-electron chi connectivity index (χ3n) is 12.0. The lowest BCUT2D eigenvalue weighted by Gasteiger charge is -2.65. The van der Waals surface area contributed by atoms with E-state index in [1.165, 1.54) is 0 Å². The van der Waals surface area contributed by atoms with Crippen LogP contribution in [0.1, 0.15) is 72.1 Å². The van der Waals surface area contributed by atoms with Gasteiger partial charge in [0, 0.05) is 11.5 Å². The first-order chi connectivity index (χ1) is 17.9. The number of cyclic esters (lactones) is 1. The second-order valence-electron chi connectivity index (χ2n) is 13.7. The smallest absolute Gasteiger partial charge is 0.331 e. The largest absolute Gasteiger partial charge is 0.458 e. The van der Waals surface area contributed by atoms with Gasteiger partial charge < -0.3 is 39.7 Å². The Morgan fingerprint density at radius 2 is 1.76 bits per heavy atom. The first-order valence-electron chi connectivity index (χ1n) is 14.5. The molecule has 0 radical (unpaired) electrons. The Labute approximate surface area is 224 Å². The number of ether oxygens (including phenoxy) is 3. The highest BCUT2D eigenvalue weighted by molar-refractivity contribution is 5.85. The fourth-order valence-electron chi connectivity index (χ4n) is 9.91. The Balaban J connectivity index is 1.19. The highest BCUT2D eigenvalue weighted by Crippen LogP contribution is 2.70. The van der Waals surface area contributed by atoms with Gasteiger partial charge in [-0.1, -0.05) is 13.8 Å². The number of aliphatic hydroxyl groups is 5. The van der Waals surface area contributed by atoms with Gasteiger partial charge in [0.2, 0.25) is 0 Å². The lowest BCUT2D eigenvalue weighted by molar-refractivity contribution is -0.311. The molecule has 14 atom stereocenters. The summed E-state index contributed by atoms with van der Waals surface area (Å²) < 4.78 is 17.1. The zero-order valence-corrected chi connectivity index (χ0v) is 22.7. The van der Waals surface area contributed by atoms with Crippen molar-refractivity contribution in [2.45, 2.75) is 121 Å². The number of hydrogen-bond donors (Lipinski definition) is 5. The van der Waals surface area contributed by atoms with E-state index in [2.05, 4.69) is 13.8 Å². The minimum atomic E-state index is -1.32. The normalized spacial score (nSPS) is 56.5. The van der Waals surface area contributed by atoms with Crippen molar-refractivity contribution in [1.29, 1.82) is 0 Å². The van der Waals surface area contributed by atoms with Gasteiger partial charge >= 0.3 is 5.97 Å².